The molecule has 94 valence electrons. The molecule has 1 aromatic rings. The second-order valence-corrected chi connectivity index (χ2v) is 6.38. The quantitative estimate of drug-likeness (QED) is 0.885. The molecular weight excluding hydrogens is 254 g/mol. The van der Waals surface area contributed by atoms with Gasteiger partial charge in [0, 0.05) is 22.9 Å². The van der Waals surface area contributed by atoms with Gasteiger partial charge in [-0.05, 0) is 18.6 Å². The van der Waals surface area contributed by atoms with Gasteiger partial charge in [-0.3, -0.25) is 5.32 Å². The van der Waals surface area contributed by atoms with Gasteiger partial charge >= 0.3 is 6.03 Å². The largest absolute Gasteiger partial charge is 0.334 e. The van der Waals surface area contributed by atoms with Crippen LogP contribution in [0.3, 0.4) is 0 Å². The van der Waals surface area contributed by atoms with Gasteiger partial charge in [0.1, 0.15) is 0 Å². The molecule has 1 aliphatic carbocycles. The predicted molar refractivity (Wildman–Crippen MR) is 73.8 cm³/mol. The topological polar surface area (TPSA) is 54.0 Å². The zero-order valence-electron chi connectivity index (χ0n) is 9.81. The zero-order chi connectivity index (χ0) is 12.1. The second kappa shape index (κ2) is 6.26. The van der Waals surface area contributed by atoms with E-state index in [1.807, 2.05) is 17.1 Å². The first-order valence-electron chi connectivity index (χ1n) is 5.88. The van der Waals surface area contributed by atoms with E-state index < -0.39 is 0 Å². The lowest BCUT2D eigenvalue weighted by Crippen LogP contribution is -2.41. The molecule has 2 N–H and O–H groups in total. The molecule has 1 aromatic heterocycles. The van der Waals surface area contributed by atoms with Crippen molar-refractivity contribution in [3.8, 4) is 0 Å². The monoisotopic (exact) mass is 271 g/mol. The van der Waals surface area contributed by atoms with Crippen molar-refractivity contribution in [2.24, 2.45) is 0 Å². The number of amides is 2. The molecule has 0 aliphatic heterocycles. The van der Waals surface area contributed by atoms with Gasteiger partial charge < -0.3 is 5.32 Å². The highest BCUT2D eigenvalue weighted by molar-refractivity contribution is 7.99. The molecular formula is C11H17N3OS2. The van der Waals surface area contributed by atoms with Crippen LogP contribution in [0.15, 0.2) is 11.6 Å². The van der Waals surface area contributed by atoms with Crippen LogP contribution >= 0.6 is 23.1 Å². The van der Waals surface area contributed by atoms with Crippen molar-refractivity contribution in [1.29, 1.82) is 0 Å². The predicted octanol–water partition coefficient (Wildman–Crippen LogP) is 2.94. The lowest BCUT2D eigenvalue weighted by Gasteiger charge is -2.19. The van der Waals surface area contributed by atoms with Crippen LogP contribution in [0.2, 0.25) is 0 Å². The van der Waals surface area contributed by atoms with E-state index in [0.29, 0.717) is 16.4 Å². The maximum atomic E-state index is 11.8. The Morgan fingerprint density at radius 3 is 3.24 bits per heavy atom. The highest BCUT2D eigenvalue weighted by Crippen LogP contribution is 2.29. The number of urea groups is 1. The molecule has 0 aromatic carbocycles. The number of hydrogen-bond donors (Lipinski definition) is 2. The Morgan fingerprint density at radius 2 is 2.53 bits per heavy atom. The van der Waals surface area contributed by atoms with Crippen molar-refractivity contribution in [2.75, 3.05) is 11.1 Å². The van der Waals surface area contributed by atoms with Crippen LogP contribution in [0, 0.1) is 0 Å². The SMILES string of the molecule is CCS[C@H]1CCC[C@@H]1NC(=O)Nc1nccs1. The van der Waals surface area contributed by atoms with Crippen LogP contribution in [-0.4, -0.2) is 28.1 Å². The normalized spacial score (nSPS) is 23.6. The van der Waals surface area contributed by atoms with Crippen molar-refractivity contribution in [3.63, 3.8) is 0 Å². The molecule has 0 spiro atoms. The third-order valence-electron chi connectivity index (χ3n) is 2.80. The number of thiazole rings is 1. The van der Waals surface area contributed by atoms with Crippen LogP contribution in [0.4, 0.5) is 9.93 Å². The lowest BCUT2D eigenvalue weighted by molar-refractivity contribution is 0.249. The molecule has 0 bridgehead atoms. The fourth-order valence-corrected chi connectivity index (χ4v) is 3.81. The maximum Gasteiger partial charge on any atom is 0.321 e. The number of anilines is 1. The smallest absolute Gasteiger partial charge is 0.321 e. The third kappa shape index (κ3) is 3.61. The van der Waals surface area contributed by atoms with E-state index in [1.165, 1.54) is 24.2 Å². The first kappa shape index (κ1) is 12.7. The molecule has 1 saturated carbocycles. The number of aromatic nitrogens is 1. The Kier molecular flexibility index (Phi) is 4.67. The van der Waals surface area contributed by atoms with Gasteiger partial charge in [0.15, 0.2) is 5.13 Å². The highest BCUT2D eigenvalue weighted by atomic mass is 32.2. The molecule has 2 rings (SSSR count). The number of carbonyl (C=O) groups excluding carboxylic acids is 1. The van der Waals surface area contributed by atoms with E-state index in [-0.39, 0.29) is 6.03 Å². The van der Waals surface area contributed by atoms with Gasteiger partial charge in [-0.2, -0.15) is 11.8 Å². The lowest BCUT2D eigenvalue weighted by atomic mass is 10.2. The second-order valence-electron chi connectivity index (χ2n) is 3.97. The van der Waals surface area contributed by atoms with Crippen molar-refractivity contribution in [2.45, 2.75) is 37.5 Å². The summed E-state index contributed by atoms with van der Waals surface area (Å²) in [5.41, 5.74) is 0. The summed E-state index contributed by atoms with van der Waals surface area (Å²) in [6.07, 6.45) is 5.19. The van der Waals surface area contributed by atoms with Crippen molar-refractivity contribution in [1.82, 2.24) is 10.3 Å². The van der Waals surface area contributed by atoms with Gasteiger partial charge in [-0.15, -0.1) is 11.3 Å². The molecule has 4 nitrogen and oxygen atoms in total. The van der Waals surface area contributed by atoms with E-state index in [4.69, 9.17) is 0 Å². The average molecular weight is 271 g/mol. The van der Waals surface area contributed by atoms with Gasteiger partial charge in [0.2, 0.25) is 0 Å². The number of nitrogens with zero attached hydrogens (tertiary/aromatic N) is 1. The minimum absolute atomic E-state index is 0.131. The average Bonchev–Trinajstić information content (AvgIpc) is 2.92. The molecule has 0 saturated heterocycles. The summed E-state index contributed by atoms with van der Waals surface area (Å²) in [7, 11) is 0. The molecule has 0 unspecified atom stereocenters. The van der Waals surface area contributed by atoms with Crippen molar-refractivity contribution in [3.05, 3.63) is 11.6 Å². The number of rotatable bonds is 4. The summed E-state index contributed by atoms with van der Waals surface area (Å²) >= 11 is 3.37. The Hall–Kier alpha value is -0.750. The van der Waals surface area contributed by atoms with Crippen LogP contribution in [0.25, 0.3) is 0 Å². The molecule has 0 radical (unpaired) electrons. The van der Waals surface area contributed by atoms with E-state index >= 15 is 0 Å². The standard InChI is InChI=1S/C11H17N3OS2/c1-2-16-9-5-3-4-8(9)13-10(15)14-11-12-6-7-17-11/h6-9H,2-5H2,1H3,(H2,12,13,14,15)/t8-,9-/m0/s1. The molecule has 17 heavy (non-hydrogen) atoms. The van der Waals surface area contributed by atoms with E-state index in [2.05, 4.69) is 22.5 Å². The summed E-state index contributed by atoms with van der Waals surface area (Å²) in [6, 6.07) is 0.175. The fourth-order valence-electron chi connectivity index (χ4n) is 2.09. The van der Waals surface area contributed by atoms with Crippen LogP contribution in [0.1, 0.15) is 26.2 Å². The number of hydrogen-bond acceptors (Lipinski definition) is 4. The molecule has 2 atom stereocenters. The van der Waals surface area contributed by atoms with Gasteiger partial charge in [0.05, 0.1) is 0 Å². The molecule has 2 amide bonds. The number of nitrogens with one attached hydrogen (secondary N) is 2. The minimum Gasteiger partial charge on any atom is -0.334 e. The van der Waals surface area contributed by atoms with Crippen LogP contribution in [0.5, 0.6) is 0 Å². The Bertz CT molecular complexity index is 356. The summed E-state index contributed by atoms with van der Waals surface area (Å²) < 4.78 is 0. The molecule has 1 heterocycles. The van der Waals surface area contributed by atoms with E-state index in [1.54, 1.807) is 6.20 Å². The fraction of sp³-hybridized carbons (Fsp3) is 0.636. The van der Waals surface area contributed by atoms with Gasteiger partial charge in [-0.25, -0.2) is 9.78 Å². The maximum absolute atomic E-state index is 11.8. The number of thioether (sulfide) groups is 1. The van der Waals surface area contributed by atoms with Crippen molar-refractivity contribution >= 4 is 34.3 Å². The van der Waals surface area contributed by atoms with Gasteiger partial charge in [0.25, 0.3) is 0 Å². The summed E-state index contributed by atoms with van der Waals surface area (Å²) in [6.45, 7) is 2.16. The highest BCUT2D eigenvalue weighted by Gasteiger charge is 2.28. The Balaban J connectivity index is 1.81. The number of carbonyl (C=O) groups is 1. The zero-order valence-corrected chi connectivity index (χ0v) is 11.4. The Morgan fingerprint density at radius 1 is 1.65 bits per heavy atom. The van der Waals surface area contributed by atoms with Crippen LogP contribution < -0.4 is 10.6 Å². The minimum atomic E-state index is -0.131. The van der Waals surface area contributed by atoms with E-state index in [0.717, 1.165) is 12.2 Å². The molecule has 1 aliphatic rings. The van der Waals surface area contributed by atoms with Crippen molar-refractivity contribution < 1.29 is 4.79 Å². The first-order valence-corrected chi connectivity index (χ1v) is 7.81. The summed E-state index contributed by atoms with van der Waals surface area (Å²) in [5, 5.41) is 8.88. The van der Waals surface area contributed by atoms with Gasteiger partial charge in [-0.1, -0.05) is 13.3 Å². The summed E-state index contributed by atoms with van der Waals surface area (Å²) in [5.74, 6) is 1.11. The third-order valence-corrected chi connectivity index (χ3v) is 4.82. The molecule has 1 fully saturated rings. The first-order chi connectivity index (χ1) is 8.29. The summed E-state index contributed by atoms with van der Waals surface area (Å²) in [4.78, 5) is 15.8. The molecule has 6 heteroatoms. The Labute approximate surface area is 110 Å². The van der Waals surface area contributed by atoms with Crippen LogP contribution in [-0.2, 0) is 0 Å². The van der Waals surface area contributed by atoms with E-state index in [9.17, 15) is 4.79 Å².